The van der Waals surface area contributed by atoms with Crippen molar-refractivity contribution in [2.75, 3.05) is 0 Å². The second-order valence-electron chi connectivity index (χ2n) is 2.74. The Balaban J connectivity index is 2.96. The lowest BCUT2D eigenvalue weighted by Crippen LogP contribution is -2.27. The number of Topliss-reactive ketones (excluding diaryl/α,β-unsaturated/α-hetero) is 1. The number of ketones is 1. The number of benzene rings is 1. The molecule has 1 rings (SSSR count). The predicted octanol–water partition coefficient (Wildman–Crippen LogP) is 2.85. The summed E-state index contributed by atoms with van der Waals surface area (Å²) in [5.74, 6) is -4.72. The Hall–Kier alpha value is -0.705. The van der Waals surface area contributed by atoms with Crippen molar-refractivity contribution in [1.29, 1.82) is 0 Å². The molecule has 1 nitrogen and oxygen atoms in total. The quantitative estimate of drug-likeness (QED) is 0.602. The van der Waals surface area contributed by atoms with Crippen LogP contribution >= 0.6 is 15.9 Å². The van der Waals surface area contributed by atoms with E-state index in [9.17, 15) is 13.6 Å². The maximum Gasteiger partial charge on any atom is 0.302 e. The van der Waals surface area contributed by atoms with E-state index >= 15 is 0 Å². The van der Waals surface area contributed by atoms with Crippen molar-refractivity contribution in [3.8, 4) is 0 Å². The fourth-order valence-electron chi connectivity index (χ4n) is 0.905. The first kappa shape index (κ1) is 11.4. The lowest BCUT2D eigenvalue weighted by atomic mass is 9.93. The van der Waals surface area contributed by atoms with Gasteiger partial charge in [0.1, 0.15) is 0 Å². The lowest BCUT2D eigenvalue weighted by molar-refractivity contribution is 0.0226. The zero-order valence-corrected chi connectivity index (χ0v) is 8.72. The van der Waals surface area contributed by atoms with Crippen LogP contribution in [0, 0.1) is 0 Å². The SMILES string of the molecule is [B]CC(F)(F)C(=O)c1ccc(Br)cc1. The van der Waals surface area contributed by atoms with Crippen LogP contribution in [0.5, 0.6) is 0 Å². The summed E-state index contributed by atoms with van der Waals surface area (Å²) in [6, 6.07) is 5.71. The van der Waals surface area contributed by atoms with Crippen LogP contribution < -0.4 is 0 Å². The summed E-state index contributed by atoms with van der Waals surface area (Å²) in [5.41, 5.74) is -0.0383. The van der Waals surface area contributed by atoms with Gasteiger partial charge in [-0.05, 0) is 18.5 Å². The molecule has 0 atom stereocenters. The van der Waals surface area contributed by atoms with Crippen molar-refractivity contribution in [3.05, 3.63) is 34.3 Å². The minimum Gasteiger partial charge on any atom is -0.287 e. The van der Waals surface area contributed by atoms with Crippen LogP contribution in [0.2, 0.25) is 6.32 Å². The third kappa shape index (κ3) is 2.41. The highest BCUT2D eigenvalue weighted by atomic mass is 79.9. The van der Waals surface area contributed by atoms with E-state index in [0.29, 0.717) is 0 Å². The van der Waals surface area contributed by atoms with Gasteiger partial charge in [0.15, 0.2) is 0 Å². The molecule has 2 radical (unpaired) electrons. The number of hydrogen-bond acceptors (Lipinski definition) is 1. The molecule has 0 heterocycles. The van der Waals surface area contributed by atoms with E-state index in [1.807, 2.05) is 0 Å². The van der Waals surface area contributed by atoms with Crippen molar-refractivity contribution < 1.29 is 13.6 Å². The zero-order valence-electron chi connectivity index (χ0n) is 7.14. The van der Waals surface area contributed by atoms with E-state index < -0.39 is 18.0 Å². The molecule has 1 aromatic rings. The van der Waals surface area contributed by atoms with E-state index in [4.69, 9.17) is 7.85 Å². The lowest BCUT2D eigenvalue weighted by Gasteiger charge is -2.12. The standard InChI is InChI=1S/C9H6BBrF2O/c10-5-9(12,13)8(14)6-1-3-7(11)4-2-6/h1-4H,5H2. The molecule has 14 heavy (non-hydrogen) atoms. The fraction of sp³-hybridized carbons (Fsp3) is 0.222. The monoisotopic (exact) mass is 258 g/mol. The summed E-state index contributed by atoms with van der Waals surface area (Å²) >= 11 is 3.14. The van der Waals surface area contributed by atoms with E-state index in [0.717, 1.165) is 4.47 Å². The van der Waals surface area contributed by atoms with Crippen molar-refractivity contribution in [3.63, 3.8) is 0 Å². The first-order valence-electron chi connectivity index (χ1n) is 3.85. The second kappa shape index (κ2) is 4.21. The average Bonchev–Trinajstić information content (AvgIpc) is 2.18. The topological polar surface area (TPSA) is 17.1 Å². The fourth-order valence-corrected chi connectivity index (χ4v) is 1.17. The third-order valence-corrected chi connectivity index (χ3v) is 2.22. The van der Waals surface area contributed by atoms with Gasteiger partial charge in [-0.2, -0.15) is 8.78 Å². The van der Waals surface area contributed by atoms with Gasteiger partial charge in [-0.25, -0.2) is 0 Å². The number of carbonyl (C=O) groups is 1. The van der Waals surface area contributed by atoms with E-state index in [2.05, 4.69) is 15.9 Å². The van der Waals surface area contributed by atoms with Crippen LogP contribution in [0.25, 0.3) is 0 Å². The minimum absolute atomic E-state index is 0.0383. The van der Waals surface area contributed by atoms with Gasteiger partial charge in [-0.15, -0.1) is 0 Å². The van der Waals surface area contributed by atoms with Gasteiger partial charge in [0.2, 0.25) is 5.78 Å². The Kier molecular flexibility index (Phi) is 3.42. The van der Waals surface area contributed by atoms with Gasteiger partial charge in [-0.3, -0.25) is 4.79 Å². The van der Waals surface area contributed by atoms with Crippen LogP contribution in [0.15, 0.2) is 28.7 Å². The molecule has 0 saturated heterocycles. The highest BCUT2D eigenvalue weighted by Gasteiger charge is 2.36. The maximum absolute atomic E-state index is 12.8. The summed E-state index contributed by atoms with van der Waals surface area (Å²) in [4.78, 5) is 11.2. The first-order valence-corrected chi connectivity index (χ1v) is 4.65. The molecule has 0 aliphatic carbocycles. The number of rotatable bonds is 3. The highest BCUT2D eigenvalue weighted by molar-refractivity contribution is 9.10. The molecular formula is C9H6BBrF2O. The molecule has 1 aromatic carbocycles. The predicted molar refractivity (Wildman–Crippen MR) is 54.0 cm³/mol. The molecule has 0 N–H and O–H groups in total. The van der Waals surface area contributed by atoms with Crippen LogP contribution in [-0.4, -0.2) is 19.6 Å². The Morgan fingerprint density at radius 3 is 2.29 bits per heavy atom. The van der Waals surface area contributed by atoms with Crippen LogP contribution in [0.4, 0.5) is 8.78 Å². The molecule has 0 bridgehead atoms. The number of halogens is 3. The highest BCUT2D eigenvalue weighted by Crippen LogP contribution is 2.24. The minimum atomic E-state index is -3.48. The Morgan fingerprint density at radius 1 is 1.36 bits per heavy atom. The maximum atomic E-state index is 12.8. The molecule has 0 aliphatic heterocycles. The summed E-state index contributed by atoms with van der Waals surface area (Å²) < 4.78 is 26.4. The molecule has 72 valence electrons. The molecule has 0 saturated carbocycles. The smallest absolute Gasteiger partial charge is 0.287 e. The summed E-state index contributed by atoms with van der Waals surface area (Å²) in [7, 11) is 4.79. The molecule has 0 aliphatic rings. The van der Waals surface area contributed by atoms with Crippen LogP contribution in [0.3, 0.4) is 0 Å². The number of hydrogen-bond donors (Lipinski definition) is 0. The average molecular weight is 259 g/mol. The van der Waals surface area contributed by atoms with E-state index in [1.165, 1.54) is 24.3 Å². The van der Waals surface area contributed by atoms with Crippen LogP contribution in [-0.2, 0) is 0 Å². The molecule has 5 heteroatoms. The van der Waals surface area contributed by atoms with Gasteiger partial charge in [0.25, 0.3) is 0 Å². The molecule has 0 spiro atoms. The van der Waals surface area contributed by atoms with Crippen molar-refractivity contribution >= 4 is 29.6 Å². The Labute approximate surface area is 90.0 Å². The number of alkyl halides is 2. The summed E-state index contributed by atoms with van der Waals surface area (Å²) in [6.45, 7) is 0. The molecule has 0 fully saturated rings. The van der Waals surface area contributed by atoms with Crippen molar-refractivity contribution in [1.82, 2.24) is 0 Å². The summed E-state index contributed by atoms with van der Waals surface area (Å²) in [6.07, 6.45) is -0.970. The van der Waals surface area contributed by atoms with Gasteiger partial charge in [-0.1, -0.05) is 28.1 Å². The van der Waals surface area contributed by atoms with E-state index in [1.54, 1.807) is 0 Å². The van der Waals surface area contributed by atoms with Crippen molar-refractivity contribution in [2.45, 2.75) is 12.2 Å². The Bertz CT molecular complexity index is 337. The van der Waals surface area contributed by atoms with Gasteiger partial charge < -0.3 is 0 Å². The Morgan fingerprint density at radius 2 is 1.86 bits per heavy atom. The largest absolute Gasteiger partial charge is 0.302 e. The van der Waals surface area contributed by atoms with Gasteiger partial charge >= 0.3 is 5.92 Å². The van der Waals surface area contributed by atoms with Gasteiger partial charge in [0, 0.05) is 10.0 Å². The van der Waals surface area contributed by atoms with Crippen molar-refractivity contribution in [2.24, 2.45) is 0 Å². The number of carbonyl (C=O) groups excluding carboxylic acids is 1. The first-order chi connectivity index (χ1) is 6.47. The molecule has 0 unspecified atom stereocenters. The summed E-state index contributed by atoms with van der Waals surface area (Å²) in [5, 5.41) is 0. The zero-order chi connectivity index (χ0) is 10.8. The second-order valence-corrected chi connectivity index (χ2v) is 3.66. The van der Waals surface area contributed by atoms with E-state index in [-0.39, 0.29) is 5.56 Å². The molecule has 0 aromatic heterocycles. The molecule has 0 amide bonds. The molecular weight excluding hydrogens is 253 g/mol. The van der Waals surface area contributed by atoms with Crippen LogP contribution in [0.1, 0.15) is 10.4 Å². The third-order valence-electron chi connectivity index (χ3n) is 1.69. The van der Waals surface area contributed by atoms with Gasteiger partial charge in [0.05, 0.1) is 7.85 Å². The normalized spacial score (nSPS) is 11.4.